The molecule has 2 aromatic carbocycles. The van der Waals surface area contributed by atoms with Gasteiger partial charge in [-0.15, -0.1) is 0 Å². The van der Waals surface area contributed by atoms with E-state index in [1.165, 1.54) is 12.1 Å². The quantitative estimate of drug-likeness (QED) is 0.636. The number of nitrogens with one attached hydrogen (secondary N) is 1. The van der Waals surface area contributed by atoms with Gasteiger partial charge < -0.3 is 11.1 Å². The summed E-state index contributed by atoms with van der Waals surface area (Å²) in [6, 6.07) is 6.15. The van der Waals surface area contributed by atoms with E-state index in [0.717, 1.165) is 12.1 Å². The van der Waals surface area contributed by atoms with Gasteiger partial charge in [0.2, 0.25) is 0 Å². The molecular weight excluding hydrogens is 323 g/mol. The van der Waals surface area contributed by atoms with Crippen LogP contribution in [0.5, 0.6) is 0 Å². The van der Waals surface area contributed by atoms with Crippen molar-refractivity contribution in [1.29, 1.82) is 0 Å². The van der Waals surface area contributed by atoms with Gasteiger partial charge in [-0.1, -0.05) is 12.1 Å². The number of hydrogen-bond donors (Lipinski definition) is 2. The van der Waals surface area contributed by atoms with Crippen LogP contribution in [0.25, 0.3) is 11.1 Å². The van der Waals surface area contributed by atoms with Gasteiger partial charge in [0, 0.05) is 0 Å². The average molecular weight is 332 g/mol. The summed E-state index contributed by atoms with van der Waals surface area (Å²) in [6.45, 7) is 0. The molecule has 2 rings (SSSR count). The molecule has 0 amide bonds. The zero-order valence-electron chi connectivity index (χ0n) is 10.8. The van der Waals surface area contributed by atoms with E-state index in [1.54, 1.807) is 0 Å². The predicted octanol–water partition coefficient (Wildman–Crippen LogP) is 4.31. The first-order valence-electron chi connectivity index (χ1n) is 5.91. The Balaban J connectivity index is 2.39. The lowest BCUT2D eigenvalue weighted by molar-refractivity contribution is -0.139. The van der Waals surface area contributed by atoms with Crippen molar-refractivity contribution in [1.82, 2.24) is 0 Å². The zero-order valence-corrected chi connectivity index (χ0v) is 11.7. The summed E-state index contributed by atoms with van der Waals surface area (Å²) in [4.78, 5) is 0. The Kier molecular flexibility index (Phi) is 4.32. The van der Waals surface area contributed by atoms with Gasteiger partial charge in [-0.2, -0.15) is 13.2 Å². The molecule has 116 valence electrons. The molecule has 0 spiro atoms. The van der Waals surface area contributed by atoms with E-state index < -0.39 is 23.4 Å². The van der Waals surface area contributed by atoms with Gasteiger partial charge in [-0.05, 0) is 47.6 Å². The van der Waals surface area contributed by atoms with Gasteiger partial charge in [0.1, 0.15) is 11.6 Å². The van der Waals surface area contributed by atoms with E-state index in [2.05, 4.69) is 17.5 Å². The molecule has 2 aromatic rings. The fourth-order valence-electron chi connectivity index (χ4n) is 1.85. The first-order chi connectivity index (χ1) is 10.2. The molecule has 0 unspecified atom stereocenters. The highest BCUT2D eigenvalue weighted by molar-refractivity contribution is 7.80. The Morgan fingerprint density at radius 1 is 0.955 bits per heavy atom. The summed E-state index contributed by atoms with van der Waals surface area (Å²) < 4.78 is 64.8. The largest absolute Gasteiger partial charge is 0.419 e. The standard InChI is InChI=1S/C14H9F5N2S/c15-10-5-7(1-3-9(10)14(17,18)19)8-2-4-12(11(16)6-8)21-13(20)22/h1-6H,(H3,20,21,22). The van der Waals surface area contributed by atoms with Crippen LogP contribution in [0.1, 0.15) is 5.56 Å². The fourth-order valence-corrected chi connectivity index (χ4v) is 1.96. The van der Waals surface area contributed by atoms with Crippen molar-refractivity contribution in [2.24, 2.45) is 5.73 Å². The lowest BCUT2D eigenvalue weighted by atomic mass is 10.0. The van der Waals surface area contributed by atoms with E-state index >= 15 is 0 Å². The molecule has 8 heteroatoms. The second kappa shape index (κ2) is 5.88. The number of alkyl halides is 3. The van der Waals surface area contributed by atoms with Crippen LogP contribution >= 0.6 is 12.2 Å². The topological polar surface area (TPSA) is 38.0 Å². The van der Waals surface area contributed by atoms with Crippen LogP contribution in [0, 0.1) is 11.6 Å². The maximum absolute atomic E-state index is 13.8. The van der Waals surface area contributed by atoms with Gasteiger partial charge in [0.15, 0.2) is 5.11 Å². The number of nitrogens with two attached hydrogens (primary N) is 1. The lowest BCUT2D eigenvalue weighted by Gasteiger charge is -2.11. The minimum absolute atomic E-state index is 0.0173. The molecule has 0 aliphatic heterocycles. The number of hydrogen-bond acceptors (Lipinski definition) is 1. The monoisotopic (exact) mass is 332 g/mol. The summed E-state index contributed by atoms with van der Waals surface area (Å²) in [6.07, 6.45) is -4.78. The molecule has 0 radical (unpaired) electrons. The summed E-state index contributed by atoms with van der Waals surface area (Å²) >= 11 is 4.57. The van der Waals surface area contributed by atoms with Crippen molar-refractivity contribution < 1.29 is 22.0 Å². The highest BCUT2D eigenvalue weighted by Gasteiger charge is 2.33. The predicted molar refractivity (Wildman–Crippen MR) is 77.2 cm³/mol. The summed E-state index contributed by atoms with van der Waals surface area (Å²) in [5, 5.41) is 2.27. The van der Waals surface area contributed by atoms with Crippen LogP contribution in [0.3, 0.4) is 0 Å². The summed E-state index contributed by atoms with van der Waals surface area (Å²) in [7, 11) is 0. The molecule has 0 aliphatic carbocycles. The molecule has 0 fully saturated rings. The molecule has 0 saturated heterocycles. The minimum Gasteiger partial charge on any atom is -0.376 e. The Morgan fingerprint density at radius 3 is 1.95 bits per heavy atom. The first kappa shape index (κ1) is 16.2. The van der Waals surface area contributed by atoms with Crippen molar-refractivity contribution in [2.75, 3.05) is 5.32 Å². The normalized spacial score (nSPS) is 11.3. The Hall–Kier alpha value is -2.22. The molecule has 0 aromatic heterocycles. The minimum atomic E-state index is -4.78. The third-order valence-electron chi connectivity index (χ3n) is 2.83. The van der Waals surface area contributed by atoms with Gasteiger partial charge >= 0.3 is 6.18 Å². The second-order valence-electron chi connectivity index (χ2n) is 4.38. The molecular formula is C14H9F5N2S. The van der Waals surface area contributed by atoms with Crippen molar-refractivity contribution >= 4 is 23.0 Å². The van der Waals surface area contributed by atoms with Gasteiger partial charge in [-0.3, -0.25) is 0 Å². The molecule has 0 aliphatic rings. The molecule has 0 atom stereocenters. The Bertz CT molecular complexity index is 728. The Labute approximate surface area is 127 Å². The second-order valence-corrected chi connectivity index (χ2v) is 4.82. The third-order valence-corrected chi connectivity index (χ3v) is 2.94. The van der Waals surface area contributed by atoms with Crippen LogP contribution in [0.15, 0.2) is 36.4 Å². The summed E-state index contributed by atoms with van der Waals surface area (Å²) in [5.74, 6) is -2.14. The molecule has 2 nitrogen and oxygen atoms in total. The first-order valence-corrected chi connectivity index (χ1v) is 6.32. The summed E-state index contributed by atoms with van der Waals surface area (Å²) in [5.41, 5.74) is 4.20. The zero-order chi connectivity index (χ0) is 16.5. The number of rotatable bonds is 2. The fraction of sp³-hybridized carbons (Fsp3) is 0.0714. The van der Waals surface area contributed by atoms with Crippen molar-refractivity contribution in [3.63, 3.8) is 0 Å². The number of thiocarbonyl (C=S) groups is 1. The van der Waals surface area contributed by atoms with Crippen LogP contribution in [0.2, 0.25) is 0 Å². The van der Waals surface area contributed by atoms with E-state index in [9.17, 15) is 22.0 Å². The molecule has 0 saturated carbocycles. The maximum atomic E-state index is 13.8. The van der Waals surface area contributed by atoms with Crippen LogP contribution in [0.4, 0.5) is 27.6 Å². The van der Waals surface area contributed by atoms with E-state index in [-0.39, 0.29) is 21.9 Å². The highest BCUT2D eigenvalue weighted by atomic mass is 32.1. The van der Waals surface area contributed by atoms with Gasteiger partial charge in [0.25, 0.3) is 0 Å². The average Bonchev–Trinajstić information content (AvgIpc) is 2.39. The maximum Gasteiger partial charge on any atom is 0.419 e. The van der Waals surface area contributed by atoms with Crippen LogP contribution in [-0.2, 0) is 6.18 Å². The van der Waals surface area contributed by atoms with Crippen molar-refractivity contribution in [3.8, 4) is 11.1 Å². The van der Waals surface area contributed by atoms with E-state index in [4.69, 9.17) is 5.73 Å². The highest BCUT2D eigenvalue weighted by Crippen LogP contribution is 2.34. The SMILES string of the molecule is NC(=S)Nc1ccc(-c2ccc(C(F)(F)F)c(F)c2)cc1F. The molecule has 0 heterocycles. The number of halogens is 5. The van der Waals surface area contributed by atoms with Gasteiger partial charge in [0.05, 0.1) is 11.3 Å². The smallest absolute Gasteiger partial charge is 0.376 e. The molecule has 3 N–H and O–H groups in total. The Morgan fingerprint density at radius 2 is 1.50 bits per heavy atom. The number of anilines is 1. The van der Waals surface area contributed by atoms with Crippen LogP contribution < -0.4 is 11.1 Å². The molecule has 0 bridgehead atoms. The van der Waals surface area contributed by atoms with E-state index in [1.807, 2.05) is 0 Å². The third kappa shape index (κ3) is 3.51. The number of benzene rings is 2. The van der Waals surface area contributed by atoms with E-state index in [0.29, 0.717) is 12.1 Å². The molecule has 22 heavy (non-hydrogen) atoms. The van der Waals surface area contributed by atoms with Crippen molar-refractivity contribution in [2.45, 2.75) is 6.18 Å². The van der Waals surface area contributed by atoms with Gasteiger partial charge in [-0.25, -0.2) is 8.78 Å². The van der Waals surface area contributed by atoms with Crippen molar-refractivity contribution in [3.05, 3.63) is 53.6 Å². The van der Waals surface area contributed by atoms with Crippen LogP contribution in [-0.4, -0.2) is 5.11 Å². The lowest BCUT2D eigenvalue weighted by Crippen LogP contribution is -2.19.